The largest absolute Gasteiger partial charge is 0.464 e. The molecular weight excluding hydrogens is 252 g/mol. The molecule has 8 nitrogen and oxygen atoms in total. The van der Waals surface area contributed by atoms with E-state index in [4.69, 9.17) is 5.73 Å². The van der Waals surface area contributed by atoms with Crippen LogP contribution in [0.25, 0.3) is 0 Å². The minimum absolute atomic E-state index is 0.0480. The van der Waals surface area contributed by atoms with Gasteiger partial charge in [0.15, 0.2) is 11.5 Å². The van der Waals surface area contributed by atoms with Gasteiger partial charge >= 0.3 is 5.97 Å². The van der Waals surface area contributed by atoms with E-state index in [1.54, 1.807) is 0 Å². The van der Waals surface area contributed by atoms with Crippen molar-refractivity contribution in [1.29, 1.82) is 0 Å². The number of carbonyl (C=O) groups excluding carboxylic acids is 3. The minimum atomic E-state index is -0.617. The summed E-state index contributed by atoms with van der Waals surface area (Å²) in [5.41, 5.74) is 6.09. The fourth-order valence-electron chi connectivity index (χ4n) is 1.72. The van der Waals surface area contributed by atoms with Gasteiger partial charge in [0.1, 0.15) is 0 Å². The fourth-order valence-corrected chi connectivity index (χ4v) is 1.72. The Hall–Kier alpha value is -2.64. The van der Waals surface area contributed by atoms with Crippen molar-refractivity contribution in [2.75, 3.05) is 30.8 Å². The van der Waals surface area contributed by atoms with E-state index in [2.05, 4.69) is 15.0 Å². The number of nitrogens with two attached hydrogens (primary N) is 1. The lowest BCUT2D eigenvalue weighted by Crippen LogP contribution is -2.52. The molecule has 1 aromatic rings. The summed E-state index contributed by atoms with van der Waals surface area (Å²) in [4.78, 5) is 39.5. The zero-order chi connectivity index (χ0) is 14.0. The van der Waals surface area contributed by atoms with Crippen LogP contribution in [0.3, 0.4) is 0 Å². The Morgan fingerprint density at radius 1 is 1.37 bits per heavy atom. The van der Waals surface area contributed by atoms with Gasteiger partial charge in [-0.3, -0.25) is 14.9 Å². The second-order valence-electron chi connectivity index (χ2n) is 3.93. The van der Waals surface area contributed by atoms with E-state index in [0.717, 1.165) is 0 Å². The zero-order valence-electron chi connectivity index (χ0n) is 10.2. The number of esters is 1. The first-order valence-corrected chi connectivity index (χ1v) is 5.43. The Bertz CT molecular complexity index is 542. The molecule has 1 aromatic heterocycles. The van der Waals surface area contributed by atoms with Gasteiger partial charge in [0, 0.05) is 0 Å². The highest BCUT2D eigenvalue weighted by Crippen LogP contribution is 2.21. The Labute approximate surface area is 108 Å². The molecule has 0 spiro atoms. The summed E-state index contributed by atoms with van der Waals surface area (Å²) >= 11 is 0. The first kappa shape index (κ1) is 12.8. The molecule has 19 heavy (non-hydrogen) atoms. The Morgan fingerprint density at radius 3 is 2.58 bits per heavy atom. The van der Waals surface area contributed by atoms with Gasteiger partial charge < -0.3 is 15.4 Å². The normalized spacial score (nSPS) is 15.1. The molecule has 8 heteroatoms. The van der Waals surface area contributed by atoms with E-state index < -0.39 is 17.8 Å². The number of nitrogen functional groups attached to an aromatic ring is 1. The molecule has 1 aliphatic heterocycles. The summed E-state index contributed by atoms with van der Waals surface area (Å²) in [6.07, 6.45) is 0. The average Bonchev–Trinajstić information content (AvgIpc) is 2.37. The van der Waals surface area contributed by atoms with E-state index >= 15 is 0 Å². The highest BCUT2D eigenvalue weighted by Gasteiger charge is 2.25. The van der Waals surface area contributed by atoms with Crippen LogP contribution in [0.2, 0.25) is 0 Å². The third-order valence-electron chi connectivity index (χ3n) is 2.55. The third-order valence-corrected chi connectivity index (χ3v) is 2.55. The lowest BCUT2D eigenvalue weighted by Gasteiger charge is -2.27. The molecule has 3 N–H and O–H groups in total. The Balaban J connectivity index is 2.35. The molecule has 2 heterocycles. The number of hydrogen-bond acceptors (Lipinski definition) is 7. The second-order valence-corrected chi connectivity index (χ2v) is 3.93. The van der Waals surface area contributed by atoms with Gasteiger partial charge in [-0.15, -0.1) is 0 Å². The van der Waals surface area contributed by atoms with Crippen LogP contribution in [0.15, 0.2) is 12.1 Å². The van der Waals surface area contributed by atoms with Crippen LogP contribution in [-0.2, 0) is 14.3 Å². The first-order valence-electron chi connectivity index (χ1n) is 5.43. The van der Waals surface area contributed by atoms with Gasteiger partial charge in [0.25, 0.3) is 0 Å². The van der Waals surface area contributed by atoms with Crippen LogP contribution >= 0.6 is 0 Å². The first-order chi connectivity index (χ1) is 9.01. The molecule has 0 radical (unpaired) electrons. The van der Waals surface area contributed by atoms with Crippen LogP contribution in [0.1, 0.15) is 10.5 Å². The van der Waals surface area contributed by atoms with Gasteiger partial charge in [-0.1, -0.05) is 0 Å². The number of amides is 2. The lowest BCUT2D eigenvalue weighted by molar-refractivity contribution is -0.130. The number of nitrogens with zero attached hydrogens (tertiary/aromatic N) is 2. The standard InChI is InChI=1S/C11H12N4O4/c1-19-11(18)7-3-2-6(12)10(13-7)15-4-8(16)14-9(17)5-15/h2-3H,4-5,12H2,1H3,(H,14,16,17). The van der Waals surface area contributed by atoms with Gasteiger partial charge in [-0.2, -0.15) is 0 Å². The van der Waals surface area contributed by atoms with Crippen LogP contribution < -0.4 is 16.0 Å². The topological polar surface area (TPSA) is 115 Å². The van der Waals surface area contributed by atoms with E-state index in [1.807, 2.05) is 0 Å². The van der Waals surface area contributed by atoms with Crippen LogP contribution in [0, 0.1) is 0 Å². The Morgan fingerprint density at radius 2 is 2.00 bits per heavy atom. The number of piperazine rings is 1. The predicted molar refractivity (Wildman–Crippen MR) is 65.4 cm³/mol. The second kappa shape index (κ2) is 4.92. The van der Waals surface area contributed by atoms with E-state index in [1.165, 1.54) is 24.1 Å². The number of aromatic nitrogens is 1. The monoisotopic (exact) mass is 264 g/mol. The molecule has 2 rings (SSSR count). The predicted octanol–water partition coefficient (Wildman–Crippen LogP) is -1.09. The van der Waals surface area contributed by atoms with Crippen molar-refractivity contribution < 1.29 is 19.1 Å². The van der Waals surface area contributed by atoms with E-state index in [-0.39, 0.29) is 30.3 Å². The summed E-state index contributed by atoms with van der Waals surface area (Å²) < 4.78 is 4.55. The molecular formula is C11H12N4O4. The third kappa shape index (κ3) is 2.62. The van der Waals surface area contributed by atoms with Gasteiger partial charge in [0.2, 0.25) is 11.8 Å². The number of hydrogen-bond donors (Lipinski definition) is 2. The molecule has 100 valence electrons. The number of ether oxygens (including phenoxy) is 1. The zero-order valence-corrected chi connectivity index (χ0v) is 10.2. The summed E-state index contributed by atoms with van der Waals surface area (Å²) in [7, 11) is 1.23. The fraction of sp³-hybridized carbons (Fsp3) is 0.273. The maximum atomic E-state index is 11.4. The summed E-state index contributed by atoms with van der Waals surface area (Å²) in [6, 6.07) is 2.89. The number of pyridine rings is 1. The smallest absolute Gasteiger partial charge is 0.356 e. The molecule has 0 aliphatic carbocycles. The van der Waals surface area contributed by atoms with Crippen LogP contribution in [0.5, 0.6) is 0 Å². The maximum Gasteiger partial charge on any atom is 0.356 e. The van der Waals surface area contributed by atoms with E-state index in [9.17, 15) is 14.4 Å². The van der Waals surface area contributed by atoms with Crippen molar-refractivity contribution in [3.63, 3.8) is 0 Å². The number of methoxy groups -OCH3 is 1. The molecule has 0 atom stereocenters. The van der Waals surface area contributed by atoms with Crippen molar-refractivity contribution in [1.82, 2.24) is 10.3 Å². The van der Waals surface area contributed by atoms with Crippen molar-refractivity contribution in [3.8, 4) is 0 Å². The summed E-state index contributed by atoms with van der Waals surface area (Å²) in [6.45, 7) is -0.0961. The number of anilines is 2. The molecule has 1 aliphatic rings. The number of rotatable bonds is 2. The van der Waals surface area contributed by atoms with Crippen molar-refractivity contribution >= 4 is 29.3 Å². The molecule has 0 saturated carbocycles. The summed E-state index contributed by atoms with van der Waals surface area (Å²) in [5, 5.41) is 2.17. The molecule has 2 amide bonds. The minimum Gasteiger partial charge on any atom is -0.464 e. The SMILES string of the molecule is COC(=O)c1ccc(N)c(N2CC(=O)NC(=O)C2)n1. The summed E-state index contributed by atoms with van der Waals surface area (Å²) in [5.74, 6) is -1.29. The molecule has 0 unspecified atom stereocenters. The van der Waals surface area contributed by atoms with Crippen molar-refractivity contribution in [2.24, 2.45) is 0 Å². The number of imide groups is 1. The van der Waals surface area contributed by atoms with Gasteiger partial charge in [0.05, 0.1) is 25.9 Å². The highest BCUT2D eigenvalue weighted by molar-refractivity contribution is 6.03. The van der Waals surface area contributed by atoms with Crippen molar-refractivity contribution in [2.45, 2.75) is 0 Å². The maximum absolute atomic E-state index is 11.4. The quantitative estimate of drug-likeness (QED) is 0.515. The molecule has 0 bridgehead atoms. The van der Waals surface area contributed by atoms with Gasteiger partial charge in [-0.25, -0.2) is 9.78 Å². The molecule has 1 fully saturated rings. The van der Waals surface area contributed by atoms with Gasteiger partial charge in [-0.05, 0) is 12.1 Å². The Kier molecular flexibility index (Phi) is 3.32. The highest BCUT2D eigenvalue weighted by atomic mass is 16.5. The van der Waals surface area contributed by atoms with Crippen LogP contribution in [-0.4, -0.2) is 43.0 Å². The average molecular weight is 264 g/mol. The van der Waals surface area contributed by atoms with Crippen molar-refractivity contribution in [3.05, 3.63) is 17.8 Å². The van der Waals surface area contributed by atoms with Crippen LogP contribution in [0.4, 0.5) is 11.5 Å². The van der Waals surface area contributed by atoms with E-state index in [0.29, 0.717) is 0 Å². The number of nitrogens with one attached hydrogen (secondary N) is 1. The lowest BCUT2D eigenvalue weighted by atomic mass is 10.2. The molecule has 0 aromatic carbocycles. The molecule has 1 saturated heterocycles. The number of carbonyl (C=O) groups is 3.